The molecule has 1 aliphatic heterocycles. The first-order chi connectivity index (χ1) is 18.6. The zero-order chi connectivity index (χ0) is 27.8. The zero-order valence-corrected chi connectivity index (χ0v) is 24.2. The third-order valence-corrected chi connectivity index (χ3v) is 8.72. The Hall–Kier alpha value is -3.51. The summed E-state index contributed by atoms with van der Waals surface area (Å²) in [5.74, 6) is 1.76. The topological polar surface area (TPSA) is 85.2 Å². The molecule has 3 aromatic rings. The Bertz CT molecular complexity index is 1380. The fraction of sp³-hybridized carbons (Fsp3) is 0.424. The minimum Gasteiger partial charge on any atom is -0.378 e. The van der Waals surface area contributed by atoms with Gasteiger partial charge in [-0.15, -0.1) is 0 Å². The summed E-state index contributed by atoms with van der Waals surface area (Å²) in [6.07, 6.45) is 4.86. The Kier molecular flexibility index (Phi) is 7.34. The van der Waals surface area contributed by atoms with E-state index in [2.05, 4.69) is 99.1 Å². The van der Waals surface area contributed by atoms with Gasteiger partial charge < -0.3 is 16.0 Å². The van der Waals surface area contributed by atoms with Crippen LogP contribution in [0.3, 0.4) is 0 Å². The van der Waals surface area contributed by atoms with Gasteiger partial charge in [0.25, 0.3) is 0 Å². The van der Waals surface area contributed by atoms with Crippen LogP contribution in [0.25, 0.3) is 0 Å². The maximum atomic E-state index is 8.71. The molecule has 0 saturated carbocycles. The van der Waals surface area contributed by atoms with Crippen LogP contribution in [-0.4, -0.2) is 28.6 Å². The fourth-order valence-electron chi connectivity index (χ4n) is 6.21. The first-order valence-corrected chi connectivity index (χ1v) is 14.2. The lowest BCUT2D eigenvalue weighted by atomic mass is 9.84. The van der Waals surface area contributed by atoms with Crippen LogP contribution in [0, 0.1) is 5.41 Å². The monoisotopic (exact) mass is 522 g/mol. The number of aromatic nitrogens is 1. The molecule has 0 amide bonds. The van der Waals surface area contributed by atoms with Crippen molar-refractivity contribution in [3.8, 4) is 0 Å². The predicted molar refractivity (Wildman–Crippen MR) is 164 cm³/mol. The smallest absolute Gasteiger partial charge is 0.141 e. The van der Waals surface area contributed by atoms with Crippen LogP contribution in [-0.2, 0) is 5.41 Å². The summed E-state index contributed by atoms with van der Waals surface area (Å²) < 4.78 is 0. The molecule has 0 spiro atoms. The van der Waals surface area contributed by atoms with Crippen LogP contribution in [0.5, 0.6) is 0 Å². The second kappa shape index (κ2) is 10.6. The minimum absolute atomic E-state index is 0.0880. The quantitative estimate of drug-likeness (QED) is 0.180. The van der Waals surface area contributed by atoms with Crippen molar-refractivity contribution < 1.29 is 0 Å². The molecule has 6 heteroatoms. The summed E-state index contributed by atoms with van der Waals surface area (Å²) >= 11 is 0. The summed E-state index contributed by atoms with van der Waals surface area (Å²) in [6, 6.07) is 19.3. The number of benzene rings is 2. The third-order valence-electron chi connectivity index (χ3n) is 8.72. The van der Waals surface area contributed by atoms with Crippen LogP contribution < -0.4 is 16.0 Å². The highest BCUT2D eigenvalue weighted by Crippen LogP contribution is 2.46. The Balaban J connectivity index is 1.47. The van der Waals surface area contributed by atoms with Crippen molar-refractivity contribution >= 4 is 28.7 Å². The standard InChI is InChI=1S/C33H42N6/c1-7-33(15-16-36-33)31(34)38-23(4)27-20-35-30(18-29(27)37-22(3)24-11-9-8-10-12-24)39-25-13-14-26-21(2)19-32(5,6)28(26)17-25/h8-14,17-18,20-22,34,36H,7,15-16,19H2,1-6H3,(H2,35,37,39)/b34-31?,38-23+. The van der Waals surface area contributed by atoms with Crippen LogP contribution in [0.15, 0.2) is 65.8 Å². The van der Waals surface area contributed by atoms with Gasteiger partial charge in [0.05, 0.1) is 11.3 Å². The Morgan fingerprint density at radius 3 is 2.59 bits per heavy atom. The Morgan fingerprint density at radius 2 is 1.92 bits per heavy atom. The molecule has 1 aromatic heterocycles. The van der Waals surface area contributed by atoms with Crippen LogP contribution >= 0.6 is 0 Å². The Morgan fingerprint density at radius 1 is 1.18 bits per heavy atom. The van der Waals surface area contributed by atoms with E-state index in [1.807, 2.05) is 19.2 Å². The van der Waals surface area contributed by atoms with Gasteiger partial charge >= 0.3 is 0 Å². The molecule has 1 saturated heterocycles. The number of amidine groups is 1. The molecule has 0 bridgehead atoms. The SMILES string of the molecule is CCC1(C(=N)/N=C(\C)c2cnc(Nc3ccc4c(c3)C(C)(C)CC4C)cc2NC(C)c2ccccc2)CCN1. The normalized spacial score (nSPS) is 22.5. The number of hydrogen-bond donors (Lipinski definition) is 4. The van der Waals surface area contributed by atoms with E-state index in [1.54, 1.807) is 0 Å². The fourth-order valence-corrected chi connectivity index (χ4v) is 6.21. The molecule has 2 aliphatic rings. The van der Waals surface area contributed by atoms with Crippen molar-refractivity contribution in [1.82, 2.24) is 10.3 Å². The summed E-state index contributed by atoms with van der Waals surface area (Å²) in [4.78, 5) is 9.55. The van der Waals surface area contributed by atoms with Crippen molar-refractivity contribution in [2.24, 2.45) is 4.99 Å². The number of hydrogen-bond acceptors (Lipinski definition) is 5. The highest BCUT2D eigenvalue weighted by atomic mass is 15.1. The molecular formula is C33H42N6. The van der Waals surface area contributed by atoms with Crippen molar-refractivity contribution in [1.29, 1.82) is 5.41 Å². The molecule has 39 heavy (non-hydrogen) atoms. The van der Waals surface area contributed by atoms with E-state index in [4.69, 9.17) is 15.4 Å². The number of aliphatic imine (C=N–C) groups is 1. The van der Waals surface area contributed by atoms with E-state index in [9.17, 15) is 0 Å². The maximum absolute atomic E-state index is 8.71. The molecule has 1 aliphatic carbocycles. The van der Waals surface area contributed by atoms with Gasteiger partial charge in [-0.05, 0) is 79.8 Å². The Labute approximate surface area is 233 Å². The van der Waals surface area contributed by atoms with Gasteiger partial charge in [0.2, 0.25) is 0 Å². The second-order valence-corrected chi connectivity index (χ2v) is 12.0. The largest absolute Gasteiger partial charge is 0.378 e. The van der Waals surface area contributed by atoms with Gasteiger partial charge in [0.1, 0.15) is 11.7 Å². The van der Waals surface area contributed by atoms with Crippen molar-refractivity contribution in [3.63, 3.8) is 0 Å². The molecule has 5 rings (SSSR count). The lowest BCUT2D eigenvalue weighted by molar-refractivity contribution is 0.285. The van der Waals surface area contributed by atoms with E-state index in [0.717, 1.165) is 47.9 Å². The molecule has 0 radical (unpaired) electrons. The van der Waals surface area contributed by atoms with Gasteiger partial charge in [-0.3, -0.25) is 5.41 Å². The van der Waals surface area contributed by atoms with Crippen molar-refractivity contribution in [2.75, 3.05) is 17.2 Å². The number of nitrogens with zero attached hydrogens (tertiary/aromatic N) is 2. The maximum Gasteiger partial charge on any atom is 0.141 e. The van der Waals surface area contributed by atoms with Gasteiger partial charge in [-0.1, -0.05) is 64.1 Å². The highest BCUT2D eigenvalue weighted by Gasteiger charge is 2.39. The zero-order valence-electron chi connectivity index (χ0n) is 24.2. The molecule has 3 unspecified atom stereocenters. The molecule has 2 aromatic carbocycles. The first-order valence-electron chi connectivity index (χ1n) is 14.2. The number of rotatable bonds is 8. The summed E-state index contributed by atoms with van der Waals surface area (Å²) in [5, 5.41) is 19.4. The lowest BCUT2D eigenvalue weighted by Crippen LogP contribution is -2.61. The molecule has 3 atom stereocenters. The lowest BCUT2D eigenvalue weighted by Gasteiger charge is -2.41. The molecule has 6 nitrogen and oxygen atoms in total. The summed E-state index contributed by atoms with van der Waals surface area (Å²) in [5.41, 5.74) is 7.63. The van der Waals surface area contributed by atoms with Crippen LogP contribution in [0.4, 0.5) is 17.2 Å². The highest BCUT2D eigenvalue weighted by molar-refractivity contribution is 6.10. The predicted octanol–water partition coefficient (Wildman–Crippen LogP) is 7.71. The first kappa shape index (κ1) is 27.1. The molecular weight excluding hydrogens is 480 g/mol. The van der Waals surface area contributed by atoms with Crippen LogP contribution in [0.1, 0.15) is 95.0 Å². The van der Waals surface area contributed by atoms with Crippen LogP contribution in [0.2, 0.25) is 0 Å². The number of nitrogens with one attached hydrogen (secondary N) is 4. The van der Waals surface area contributed by atoms with Gasteiger partial charge in [0, 0.05) is 35.2 Å². The van der Waals surface area contributed by atoms with Gasteiger partial charge in [-0.25, -0.2) is 9.98 Å². The third kappa shape index (κ3) is 5.35. The van der Waals surface area contributed by atoms with Gasteiger partial charge in [-0.2, -0.15) is 0 Å². The van der Waals surface area contributed by atoms with E-state index >= 15 is 0 Å². The number of fused-ring (bicyclic) bond motifs is 1. The summed E-state index contributed by atoms with van der Waals surface area (Å²) in [6.45, 7) is 14.2. The average molecular weight is 523 g/mol. The molecule has 1 fully saturated rings. The molecule has 2 heterocycles. The van der Waals surface area contributed by atoms with Crippen molar-refractivity contribution in [2.45, 2.75) is 83.7 Å². The van der Waals surface area contributed by atoms with Crippen molar-refractivity contribution in [3.05, 3.63) is 83.0 Å². The van der Waals surface area contributed by atoms with E-state index < -0.39 is 0 Å². The molecule has 4 N–H and O–H groups in total. The van der Waals surface area contributed by atoms with E-state index in [0.29, 0.717) is 11.8 Å². The van der Waals surface area contributed by atoms with E-state index in [1.165, 1.54) is 23.1 Å². The summed E-state index contributed by atoms with van der Waals surface area (Å²) in [7, 11) is 0. The molecule has 204 valence electrons. The number of pyridine rings is 1. The van der Waals surface area contributed by atoms with E-state index in [-0.39, 0.29) is 17.0 Å². The average Bonchev–Trinajstić information content (AvgIpc) is 3.11. The second-order valence-electron chi connectivity index (χ2n) is 12.0. The minimum atomic E-state index is -0.306. The van der Waals surface area contributed by atoms with Gasteiger partial charge in [0.15, 0.2) is 0 Å². The number of anilines is 3.